The molecule has 1 N–H and O–H groups in total. The maximum atomic E-state index is 14.0. The minimum Gasteiger partial charge on any atom is -0.306 e. The first-order valence-corrected chi connectivity index (χ1v) is 7.95. The Labute approximate surface area is 126 Å². The van der Waals surface area contributed by atoms with E-state index in [9.17, 15) is 8.78 Å². The van der Waals surface area contributed by atoms with Crippen LogP contribution in [0.4, 0.5) is 8.78 Å². The second-order valence-electron chi connectivity index (χ2n) is 7.90. The lowest BCUT2D eigenvalue weighted by molar-refractivity contribution is 0.0998. The molecular formula is C18H25F2N. The molecule has 3 rings (SSSR count). The smallest absolute Gasteiger partial charge is 0.128 e. The predicted molar refractivity (Wildman–Crippen MR) is 80.9 cm³/mol. The van der Waals surface area contributed by atoms with Gasteiger partial charge < -0.3 is 5.32 Å². The quantitative estimate of drug-likeness (QED) is 0.841. The molecule has 1 aromatic carbocycles. The van der Waals surface area contributed by atoms with Crippen molar-refractivity contribution in [2.45, 2.75) is 59.0 Å². The maximum absolute atomic E-state index is 14.0. The van der Waals surface area contributed by atoms with Gasteiger partial charge in [-0.1, -0.05) is 20.8 Å². The highest BCUT2D eigenvalue weighted by molar-refractivity contribution is 5.23. The summed E-state index contributed by atoms with van der Waals surface area (Å²) >= 11 is 0. The topological polar surface area (TPSA) is 12.0 Å². The second-order valence-corrected chi connectivity index (χ2v) is 7.90. The number of nitrogens with one attached hydrogen (secondary N) is 1. The Morgan fingerprint density at radius 1 is 1.24 bits per heavy atom. The first-order chi connectivity index (χ1) is 9.74. The van der Waals surface area contributed by atoms with Crippen LogP contribution in [0.1, 0.15) is 58.6 Å². The van der Waals surface area contributed by atoms with Gasteiger partial charge in [-0.05, 0) is 61.1 Å². The molecule has 2 aliphatic carbocycles. The van der Waals surface area contributed by atoms with Gasteiger partial charge in [0.2, 0.25) is 0 Å². The molecule has 0 aliphatic heterocycles. The van der Waals surface area contributed by atoms with Crippen LogP contribution in [-0.4, -0.2) is 6.04 Å². The number of halogens is 2. The van der Waals surface area contributed by atoms with Gasteiger partial charge in [-0.15, -0.1) is 0 Å². The summed E-state index contributed by atoms with van der Waals surface area (Å²) in [4.78, 5) is 0. The molecule has 4 atom stereocenters. The van der Waals surface area contributed by atoms with E-state index in [0.29, 0.717) is 11.6 Å². The van der Waals surface area contributed by atoms with Gasteiger partial charge in [0.05, 0.1) is 0 Å². The van der Waals surface area contributed by atoms with Gasteiger partial charge in [0.25, 0.3) is 0 Å². The van der Waals surface area contributed by atoms with E-state index in [1.54, 1.807) is 0 Å². The van der Waals surface area contributed by atoms with E-state index in [1.165, 1.54) is 37.5 Å². The number of benzene rings is 1. The molecule has 3 heteroatoms. The van der Waals surface area contributed by atoms with Crippen molar-refractivity contribution in [3.05, 3.63) is 35.4 Å². The summed E-state index contributed by atoms with van der Waals surface area (Å²) in [5.41, 5.74) is 0.925. The van der Waals surface area contributed by atoms with E-state index in [-0.39, 0.29) is 28.5 Å². The van der Waals surface area contributed by atoms with Crippen LogP contribution >= 0.6 is 0 Å². The number of rotatable bonds is 3. The summed E-state index contributed by atoms with van der Waals surface area (Å²) in [7, 11) is 0. The highest BCUT2D eigenvalue weighted by atomic mass is 19.1. The molecular weight excluding hydrogens is 268 g/mol. The minimum atomic E-state index is -0.376. The molecule has 2 aliphatic rings. The number of hydrogen-bond donors (Lipinski definition) is 1. The highest BCUT2D eigenvalue weighted by Crippen LogP contribution is 2.62. The van der Waals surface area contributed by atoms with Gasteiger partial charge in [0.1, 0.15) is 11.6 Å². The summed E-state index contributed by atoms with van der Waals surface area (Å²) in [6.07, 6.45) is 3.78. The van der Waals surface area contributed by atoms with Crippen LogP contribution in [-0.2, 0) is 0 Å². The third-order valence-corrected chi connectivity index (χ3v) is 6.11. The Morgan fingerprint density at radius 3 is 2.57 bits per heavy atom. The van der Waals surface area contributed by atoms with Crippen molar-refractivity contribution >= 4 is 0 Å². The van der Waals surface area contributed by atoms with E-state index in [4.69, 9.17) is 0 Å². The highest BCUT2D eigenvalue weighted by Gasteiger charge is 2.59. The van der Waals surface area contributed by atoms with Crippen LogP contribution in [0, 0.1) is 28.4 Å². The van der Waals surface area contributed by atoms with Crippen molar-refractivity contribution in [1.82, 2.24) is 5.32 Å². The van der Waals surface area contributed by atoms with Crippen LogP contribution in [0.3, 0.4) is 0 Å². The van der Waals surface area contributed by atoms with Crippen LogP contribution in [0.5, 0.6) is 0 Å². The van der Waals surface area contributed by atoms with Gasteiger partial charge in [0, 0.05) is 17.6 Å². The fraction of sp³-hybridized carbons (Fsp3) is 0.667. The number of hydrogen-bond acceptors (Lipinski definition) is 1. The van der Waals surface area contributed by atoms with Crippen molar-refractivity contribution < 1.29 is 8.78 Å². The summed E-state index contributed by atoms with van der Waals surface area (Å²) in [6.45, 7) is 8.90. The normalized spacial score (nSPS) is 35.1. The SMILES string of the molecule is CC(NC1C2(C)CCC(C2)C1(C)C)c1cc(F)ccc1F. The molecule has 0 amide bonds. The molecule has 2 bridgehead atoms. The molecule has 4 unspecified atom stereocenters. The van der Waals surface area contributed by atoms with E-state index in [0.717, 1.165) is 5.92 Å². The molecule has 2 fully saturated rings. The molecule has 1 nitrogen and oxygen atoms in total. The zero-order valence-corrected chi connectivity index (χ0v) is 13.3. The first kappa shape index (κ1) is 15.0. The van der Waals surface area contributed by atoms with Gasteiger partial charge in [-0.3, -0.25) is 0 Å². The lowest BCUT2D eigenvalue weighted by atomic mass is 9.68. The fourth-order valence-corrected chi connectivity index (χ4v) is 4.90. The predicted octanol–water partition coefficient (Wildman–Crippen LogP) is 4.83. The van der Waals surface area contributed by atoms with E-state index < -0.39 is 0 Å². The monoisotopic (exact) mass is 293 g/mol. The third-order valence-electron chi connectivity index (χ3n) is 6.11. The van der Waals surface area contributed by atoms with Crippen LogP contribution in [0.15, 0.2) is 18.2 Å². The standard InChI is InChI=1S/C18H25F2N/c1-11(14-9-13(19)5-6-15(14)20)21-16-17(2,3)12-7-8-18(16,4)10-12/h5-6,9,11-12,16,21H,7-8,10H2,1-4H3. The van der Waals surface area contributed by atoms with Gasteiger partial charge in [-0.2, -0.15) is 0 Å². The van der Waals surface area contributed by atoms with E-state index in [1.807, 2.05) is 6.92 Å². The van der Waals surface area contributed by atoms with Gasteiger partial charge in [-0.25, -0.2) is 8.78 Å². The second kappa shape index (κ2) is 4.77. The minimum absolute atomic E-state index is 0.179. The van der Waals surface area contributed by atoms with Crippen molar-refractivity contribution in [3.8, 4) is 0 Å². The molecule has 2 saturated carbocycles. The van der Waals surface area contributed by atoms with Gasteiger partial charge in [0.15, 0.2) is 0 Å². The first-order valence-electron chi connectivity index (χ1n) is 7.95. The van der Waals surface area contributed by atoms with Crippen molar-refractivity contribution in [2.75, 3.05) is 0 Å². The van der Waals surface area contributed by atoms with Crippen LogP contribution in [0.25, 0.3) is 0 Å². The van der Waals surface area contributed by atoms with Crippen LogP contribution < -0.4 is 5.32 Å². The van der Waals surface area contributed by atoms with E-state index in [2.05, 4.69) is 26.1 Å². The lowest BCUT2D eigenvalue weighted by Crippen LogP contribution is -2.51. The Morgan fingerprint density at radius 2 is 1.95 bits per heavy atom. The molecule has 0 saturated heterocycles. The Balaban J connectivity index is 1.84. The van der Waals surface area contributed by atoms with Crippen molar-refractivity contribution in [3.63, 3.8) is 0 Å². The zero-order chi connectivity index (χ0) is 15.4. The maximum Gasteiger partial charge on any atom is 0.128 e. The summed E-state index contributed by atoms with van der Waals surface area (Å²) in [5, 5.41) is 3.62. The molecule has 1 aromatic rings. The third kappa shape index (κ3) is 2.30. The fourth-order valence-electron chi connectivity index (χ4n) is 4.90. The Bertz CT molecular complexity index is 549. The Kier molecular flexibility index (Phi) is 3.40. The Hall–Kier alpha value is -0.960. The average molecular weight is 293 g/mol. The lowest BCUT2D eigenvalue weighted by Gasteiger charge is -2.44. The van der Waals surface area contributed by atoms with Crippen molar-refractivity contribution in [1.29, 1.82) is 0 Å². The average Bonchev–Trinajstić information content (AvgIpc) is 2.88. The van der Waals surface area contributed by atoms with Crippen LogP contribution in [0.2, 0.25) is 0 Å². The molecule has 0 spiro atoms. The molecule has 116 valence electrons. The number of fused-ring (bicyclic) bond motifs is 2. The van der Waals surface area contributed by atoms with E-state index >= 15 is 0 Å². The zero-order valence-electron chi connectivity index (χ0n) is 13.3. The van der Waals surface area contributed by atoms with Crippen molar-refractivity contribution in [2.24, 2.45) is 16.7 Å². The summed E-state index contributed by atoms with van der Waals surface area (Å²) in [6, 6.07) is 3.88. The van der Waals surface area contributed by atoms with Gasteiger partial charge >= 0.3 is 0 Å². The summed E-state index contributed by atoms with van der Waals surface area (Å²) < 4.78 is 27.4. The molecule has 0 heterocycles. The molecule has 0 radical (unpaired) electrons. The largest absolute Gasteiger partial charge is 0.306 e. The molecule has 21 heavy (non-hydrogen) atoms. The summed E-state index contributed by atoms with van der Waals surface area (Å²) in [5.74, 6) is 0.0329. The molecule has 0 aromatic heterocycles.